The summed E-state index contributed by atoms with van der Waals surface area (Å²) in [5.41, 5.74) is 2.01. The van der Waals surface area contributed by atoms with Gasteiger partial charge in [-0.1, -0.05) is 0 Å². The van der Waals surface area contributed by atoms with Gasteiger partial charge in [-0.3, -0.25) is 4.98 Å². The maximum Gasteiger partial charge on any atom is 0.161 e. The zero-order valence-corrected chi connectivity index (χ0v) is 8.73. The normalized spacial score (nSPS) is 10.0. The average molecular weight is 200 g/mol. The van der Waals surface area contributed by atoms with Gasteiger partial charge in [-0.05, 0) is 19.1 Å². The number of aryl methyl sites for hydroxylation is 1. The highest BCUT2D eigenvalue weighted by Gasteiger charge is 2.03. The maximum atomic E-state index is 4.41. The SMILES string of the molecule is CNc1nc(-c2ccncc2)ncc1C. The lowest BCUT2D eigenvalue weighted by Crippen LogP contribution is -1.99. The average Bonchev–Trinajstić information content (AvgIpc) is 2.31. The molecule has 0 fully saturated rings. The number of pyridine rings is 1. The number of aromatic nitrogens is 3. The number of hydrogen-bond acceptors (Lipinski definition) is 4. The third-order valence-corrected chi connectivity index (χ3v) is 2.15. The molecule has 2 heterocycles. The summed E-state index contributed by atoms with van der Waals surface area (Å²) in [5, 5.41) is 3.04. The van der Waals surface area contributed by atoms with Crippen molar-refractivity contribution in [2.24, 2.45) is 0 Å². The highest BCUT2D eigenvalue weighted by Crippen LogP contribution is 2.17. The van der Waals surface area contributed by atoms with Gasteiger partial charge in [-0.25, -0.2) is 9.97 Å². The summed E-state index contributed by atoms with van der Waals surface area (Å²) in [6.45, 7) is 1.97. The molecule has 0 amide bonds. The van der Waals surface area contributed by atoms with Crippen LogP contribution in [0.5, 0.6) is 0 Å². The molecule has 76 valence electrons. The molecule has 0 bridgehead atoms. The van der Waals surface area contributed by atoms with Gasteiger partial charge in [0.05, 0.1) is 0 Å². The van der Waals surface area contributed by atoms with Crippen LogP contribution in [0, 0.1) is 6.92 Å². The van der Waals surface area contributed by atoms with Crippen LogP contribution in [0.3, 0.4) is 0 Å². The molecule has 2 rings (SSSR count). The monoisotopic (exact) mass is 200 g/mol. The van der Waals surface area contributed by atoms with Crippen LogP contribution in [-0.2, 0) is 0 Å². The summed E-state index contributed by atoms with van der Waals surface area (Å²) in [5.74, 6) is 1.57. The van der Waals surface area contributed by atoms with Crippen molar-refractivity contribution in [2.75, 3.05) is 12.4 Å². The number of anilines is 1. The first-order valence-electron chi connectivity index (χ1n) is 4.73. The van der Waals surface area contributed by atoms with Crippen molar-refractivity contribution in [3.8, 4) is 11.4 Å². The Bertz CT molecular complexity index is 453. The molecular formula is C11H12N4. The van der Waals surface area contributed by atoms with Gasteiger partial charge in [-0.15, -0.1) is 0 Å². The lowest BCUT2D eigenvalue weighted by Gasteiger charge is -2.05. The molecule has 0 spiro atoms. The molecule has 0 aliphatic heterocycles. The quantitative estimate of drug-likeness (QED) is 0.804. The van der Waals surface area contributed by atoms with E-state index in [1.54, 1.807) is 12.4 Å². The predicted octanol–water partition coefficient (Wildman–Crippen LogP) is 1.89. The third kappa shape index (κ3) is 1.93. The molecule has 0 saturated carbocycles. The lowest BCUT2D eigenvalue weighted by molar-refractivity contribution is 1.13. The van der Waals surface area contributed by atoms with E-state index in [-0.39, 0.29) is 0 Å². The fourth-order valence-electron chi connectivity index (χ4n) is 1.34. The van der Waals surface area contributed by atoms with Crippen molar-refractivity contribution in [1.29, 1.82) is 0 Å². The van der Waals surface area contributed by atoms with E-state index in [9.17, 15) is 0 Å². The van der Waals surface area contributed by atoms with Crippen molar-refractivity contribution in [3.05, 3.63) is 36.3 Å². The van der Waals surface area contributed by atoms with Crippen LogP contribution in [0.4, 0.5) is 5.82 Å². The summed E-state index contributed by atoms with van der Waals surface area (Å²) in [6, 6.07) is 3.79. The zero-order chi connectivity index (χ0) is 10.7. The Hall–Kier alpha value is -1.97. The van der Waals surface area contributed by atoms with Crippen LogP contribution in [0.25, 0.3) is 11.4 Å². The molecule has 0 atom stereocenters. The maximum absolute atomic E-state index is 4.41. The summed E-state index contributed by atoms with van der Waals surface area (Å²) in [6.07, 6.45) is 5.28. The van der Waals surface area contributed by atoms with E-state index in [1.165, 1.54) is 0 Å². The van der Waals surface area contributed by atoms with Crippen molar-refractivity contribution in [3.63, 3.8) is 0 Å². The molecule has 0 aromatic carbocycles. The summed E-state index contributed by atoms with van der Waals surface area (Å²) in [4.78, 5) is 12.6. The van der Waals surface area contributed by atoms with Crippen molar-refractivity contribution < 1.29 is 0 Å². The Morgan fingerprint density at radius 2 is 1.93 bits per heavy atom. The molecule has 0 aliphatic carbocycles. The number of nitrogens with one attached hydrogen (secondary N) is 1. The standard InChI is InChI=1S/C11H12N4/c1-8-7-14-11(15-10(8)12-2)9-3-5-13-6-4-9/h3-7H,1-2H3,(H,12,14,15). The number of hydrogen-bond donors (Lipinski definition) is 1. The summed E-state index contributed by atoms with van der Waals surface area (Å²) >= 11 is 0. The van der Waals surface area contributed by atoms with Gasteiger partial charge in [0, 0.05) is 36.8 Å². The van der Waals surface area contributed by atoms with Crippen LogP contribution in [0.2, 0.25) is 0 Å². The van der Waals surface area contributed by atoms with E-state index < -0.39 is 0 Å². The highest BCUT2D eigenvalue weighted by atomic mass is 15.0. The number of nitrogens with zero attached hydrogens (tertiary/aromatic N) is 3. The van der Waals surface area contributed by atoms with Gasteiger partial charge in [0.2, 0.25) is 0 Å². The zero-order valence-electron chi connectivity index (χ0n) is 8.73. The first kappa shape index (κ1) is 9.58. The Morgan fingerprint density at radius 3 is 2.60 bits per heavy atom. The van der Waals surface area contributed by atoms with E-state index in [1.807, 2.05) is 32.3 Å². The third-order valence-electron chi connectivity index (χ3n) is 2.15. The molecule has 0 unspecified atom stereocenters. The van der Waals surface area contributed by atoms with Crippen LogP contribution in [0.15, 0.2) is 30.7 Å². The Morgan fingerprint density at radius 1 is 1.20 bits per heavy atom. The van der Waals surface area contributed by atoms with Gasteiger partial charge in [0.25, 0.3) is 0 Å². The molecule has 2 aromatic heterocycles. The summed E-state index contributed by atoms with van der Waals surface area (Å²) in [7, 11) is 1.85. The van der Waals surface area contributed by atoms with E-state index in [0.717, 1.165) is 16.9 Å². The first-order valence-corrected chi connectivity index (χ1v) is 4.73. The minimum atomic E-state index is 0.715. The summed E-state index contributed by atoms with van der Waals surface area (Å²) < 4.78 is 0. The van der Waals surface area contributed by atoms with Gasteiger partial charge in [-0.2, -0.15) is 0 Å². The first-order chi connectivity index (χ1) is 7.31. The minimum Gasteiger partial charge on any atom is -0.373 e. The van der Waals surface area contributed by atoms with Gasteiger partial charge in [0.15, 0.2) is 5.82 Å². The molecule has 4 nitrogen and oxygen atoms in total. The second-order valence-corrected chi connectivity index (χ2v) is 3.21. The van der Waals surface area contributed by atoms with E-state index in [4.69, 9.17) is 0 Å². The topological polar surface area (TPSA) is 50.7 Å². The second-order valence-electron chi connectivity index (χ2n) is 3.21. The van der Waals surface area contributed by atoms with Crippen molar-refractivity contribution in [2.45, 2.75) is 6.92 Å². The molecule has 0 aliphatic rings. The Labute approximate surface area is 88.4 Å². The van der Waals surface area contributed by atoms with Gasteiger partial charge < -0.3 is 5.32 Å². The van der Waals surface area contributed by atoms with Crippen LogP contribution in [-0.4, -0.2) is 22.0 Å². The second kappa shape index (κ2) is 4.04. The minimum absolute atomic E-state index is 0.715. The van der Waals surface area contributed by atoms with Crippen LogP contribution in [0.1, 0.15) is 5.56 Å². The highest BCUT2D eigenvalue weighted by molar-refractivity contribution is 5.57. The molecular weight excluding hydrogens is 188 g/mol. The van der Waals surface area contributed by atoms with Crippen LogP contribution < -0.4 is 5.32 Å². The Balaban J connectivity index is 2.46. The molecule has 2 aromatic rings. The van der Waals surface area contributed by atoms with E-state index in [2.05, 4.69) is 20.3 Å². The van der Waals surface area contributed by atoms with Crippen molar-refractivity contribution in [1.82, 2.24) is 15.0 Å². The molecule has 15 heavy (non-hydrogen) atoms. The fourth-order valence-corrected chi connectivity index (χ4v) is 1.34. The lowest BCUT2D eigenvalue weighted by atomic mass is 10.2. The molecule has 1 N–H and O–H groups in total. The predicted molar refractivity (Wildman–Crippen MR) is 59.5 cm³/mol. The smallest absolute Gasteiger partial charge is 0.161 e. The fraction of sp³-hybridized carbons (Fsp3) is 0.182. The van der Waals surface area contributed by atoms with E-state index in [0.29, 0.717) is 5.82 Å². The largest absolute Gasteiger partial charge is 0.373 e. The number of rotatable bonds is 2. The van der Waals surface area contributed by atoms with Gasteiger partial charge in [0.1, 0.15) is 5.82 Å². The van der Waals surface area contributed by atoms with Crippen molar-refractivity contribution >= 4 is 5.82 Å². The molecule has 0 saturated heterocycles. The van der Waals surface area contributed by atoms with Gasteiger partial charge >= 0.3 is 0 Å². The molecule has 4 heteroatoms. The van der Waals surface area contributed by atoms with Crippen LogP contribution >= 0.6 is 0 Å². The molecule has 0 radical (unpaired) electrons. The Kier molecular flexibility index (Phi) is 2.58. The van der Waals surface area contributed by atoms with E-state index >= 15 is 0 Å².